The molecule has 3 heterocycles. The molecule has 1 aliphatic rings. The Hall–Kier alpha value is -2.71. The van der Waals surface area contributed by atoms with Gasteiger partial charge in [0, 0.05) is 6.20 Å². The molecule has 2 unspecified atom stereocenters. The van der Waals surface area contributed by atoms with E-state index in [1.54, 1.807) is 18.8 Å². The molecule has 0 saturated heterocycles. The first-order chi connectivity index (χ1) is 12.7. The van der Waals surface area contributed by atoms with Crippen LogP contribution in [0.2, 0.25) is 0 Å². The van der Waals surface area contributed by atoms with Crippen LogP contribution in [-0.4, -0.2) is 37.3 Å². The molecule has 3 N–H and O–H groups in total. The highest BCUT2D eigenvalue weighted by molar-refractivity contribution is 5.87. The van der Waals surface area contributed by atoms with E-state index in [-0.39, 0.29) is 12.3 Å². The van der Waals surface area contributed by atoms with Crippen LogP contribution in [0.25, 0.3) is 0 Å². The molecule has 2 aromatic heterocycles. The van der Waals surface area contributed by atoms with Crippen molar-refractivity contribution in [3.05, 3.63) is 54.2 Å². The van der Waals surface area contributed by atoms with Crippen molar-refractivity contribution in [2.24, 2.45) is 9.98 Å². The number of furan rings is 1. The van der Waals surface area contributed by atoms with Gasteiger partial charge in [0.1, 0.15) is 5.76 Å². The fourth-order valence-electron chi connectivity index (χ4n) is 2.17. The molecule has 1 aliphatic heterocycles. The molecule has 8 nitrogen and oxygen atoms in total. The third kappa shape index (κ3) is 6.66. The van der Waals surface area contributed by atoms with E-state index in [1.807, 2.05) is 51.2 Å². The molecule has 0 amide bonds. The number of nitrogens with zero attached hydrogens (tertiary/aromatic N) is 3. The van der Waals surface area contributed by atoms with Crippen LogP contribution >= 0.6 is 0 Å². The maximum absolute atomic E-state index is 5.29. The Bertz CT molecular complexity index is 672. The van der Waals surface area contributed by atoms with E-state index in [0.29, 0.717) is 12.6 Å². The summed E-state index contributed by atoms with van der Waals surface area (Å²) in [5.41, 5.74) is 0.958. The summed E-state index contributed by atoms with van der Waals surface area (Å²) in [4.78, 5) is 12.8. The predicted molar refractivity (Wildman–Crippen MR) is 102 cm³/mol. The Labute approximate surface area is 153 Å². The van der Waals surface area contributed by atoms with Gasteiger partial charge in [0.05, 0.1) is 37.5 Å². The van der Waals surface area contributed by atoms with Crippen molar-refractivity contribution < 1.29 is 9.15 Å². The van der Waals surface area contributed by atoms with Crippen LogP contribution in [0.4, 0.5) is 0 Å². The fraction of sp³-hybridized carbons (Fsp3) is 0.389. The number of ether oxygens (including phenoxy) is 1. The second-order valence-corrected chi connectivity index (χ2v) is 5.42. The molecular formula is C18H26N6O2. The first-order valence-corrected chi connectivity index (χ1v) is 8.55. The summed E-state index contributed by atoms with van der Waals surface area (Å²) in [6.07, 6.45) is 4.69. The Morgan fingerprint density at radius 3 is 2.85 bits per heavy atom. The van der Waals surface area contributed by atoms with Crippen molar-refractivity contribution in [3.8, 4) is 0 Å². The lowest BCUT2D eigenvalue weighted by Crippen LogP contribution is -2.38. The lowest BCUT2D eigenvalue weighted by atomic mass is 10.2. The van der Waals surface area contributed by atoms with Crippen LogP contribution in [0.15, 0.2) is 57.2 Å². The number of hydrogen-bond donors (Lipinski definition) is 3. The number of amidine groups is 1. The van der Waals surface area contributed by atoms with Crippen LogP contribution in [0.3, 0.4) is 0 Å². The SMILES string of the molecule is CCOC1=NC(NC(C)c2ccccn2)N=CN1.CNCc1ccco1. The van der Waals surface area contributed by atoms with Crippen molar-refractivity contribution in [3.63, 3.8) is 0 Å². The van der Waals surface area contributed by atoms with Crippen molar-refractivity contribution >= 4 is 12.4 Å². The fourth-order valence-corrected chi connectivity index (χ4v) is 2.17. The molecule has 0 aromatic carbocycles. The van der Waals surface area contributed by atoms with Gasteiger partial charge in [0.25, 0.3) is 6.02 Å². The van der Waals surface area contributed by atoms with E-state index < -0.39 is 0 Å². The lowest BCUT2D eigenvalue weighted by Gasteiger charge is -2.20. The van der Waals surface area contributed by atoms with Crippen molar-refractivity contribution in [1.82, 2.24) is 20.9 Å². The van der Waals surface area contributed by atoms with Gasteiger partial charge in [-0.05, 0) is 45.2 Å². The van der Waals surface area contributed by atoms with E-state index >= 15 is 0 Å². The van der Waals surface area contributed by atoms with Gasteiger partial charge in [-0.3, -0.25) is 10.3 Å². The second-order valence-electron chi connectivity index (χ2n) is 5.42. The van der Waals surface area contributed by atoms with Gasteiger partial charge < -0.3 is 19.8 Å². The Morgan fingerprint density at radius 2 is 2.19 bits per heavy atom. The molecular weight excluding hydrogens is 332 g/mol. The van der Waals surface area contributed by atoms with E-state index in [9.17, 15) is 0 Å². The predicted octanol–water partition coefficient (Wildman–Crippen LogP) is 2.04. The van der Waals surface area contributed by atoms with Crippen LogP contribution in [0, 0.1) is 0 Å². The van der Waals surface area contributed by atoms with Gasteiger partial charge in [0.15, 0.2) is 0 Å². The first-order valence-electron chi connectivity index (χ1n) is 8.55. The zero-order valence-electron chi connectivity index (χ0n) is 15.3. The average Bonchev–Trinajstić information content (AvgIpc) is 3.17. The van der Waals surface area contributed by atoms with Gasteiger partial charge >= 0.3 is 0 Å². The highest BCUT2D eigenvalue weighted by Crippen LogP contribution is 2.10. The minimum absolute atomic E-state index is 0.0677. The molecule has 2 aromatic rings. The van der Waals surface area contributed by atoms with Crippen LogP contribution in [0.5, 0.6) is 0 Å². The van der Waals surface area contributed by atoms with E-state index in [1.165, 1.54) is 0 Å². The quantitative estimate of drug-likeness (QED) is 0.731. The number of hydrogen-bond acceptors (Lipinski definition) is 8. The molecule has 0 saturated carbocycles. The minimum atomic E-state index is -0.343. The molecule has 3 rings (SSSR count). The Morgan fingerprint density at radius 1 is 1.31 bits per heavy atom. The molecule has 140 valence electrons. The topological polar surface area (TPSA) is 96.1 Å². The van der Waals surface area contributed by atoms with E-state index in [0.717, 1.165) is 18.0 Å². The largest absolute Gasteiger partial charge is 0.468 e. The molecule has 2 atom stereocenters. The first kappa shape index (κ1) is 19.6. The normalized spacial score (nSPS) is 16.7. The molecule has 8 heteroatoms. The second kappa shape index (κ2) is 11.0. The van der Waals surface area contributed by atoms with E-state index in [4.69, 9.17) is 9.15 Å². The standard InChI is InChI=1S/C12H17N5O.C6H9NO/c1-3-18-12-15-8-14-11(17-12)16-9(2)10-6-4-5-7-13-10;1-7-5-6-3-2-4-8-6/h4-9,11,16H,3H2,1-2H3,(H,14,15,17);2-4,7H,5H2,1H3. The smallest absolute Gasteiger partial charge is 0.293 e. The average molecular weight is 358 g/mol. The van der Waals surface area contributed by atoms with Gasteiger partial charge in [-0.1, -0.05) is 6.07 Å². The zero-order chi connectivity index (χ0) is 18.6. The number of aliphatic imine (C=N–C) groups is 2. The summed E-state index contributed by atoms with van der Waals surface area (Å²) < 4.78 is 10.3. The van der Waals surface area contributed by atoms with Crippen molar-refractivity contribution in [2.45, 2.75) is 32.7 Å². The number of pyridine rings is 1. The third-order valence-corrected chi connectivity index (χ3v) is 3.39. The van der Waals surface area contributed by atoms with Gasteiger partial charge in [-0.15, -0.1) is 0 Å². The number of rotatable bonds is 6. The highest BCUT2D eigenvalue weighted by Gasteiger charge is 2.15. The monoisotopic (exact) mass is 358 g/mol. The van der Waals surface area contributed by atoms with E-state index in [2.05, 4.69) is 30.9 Å². The summed E-state index contributed by atoms with van der Waals surface area (Å²) >= 11 is 0. The van der Waals surface area contributed by atoms with Crippen molar-refractivity contribution in [2.75, 3.05) is 13.7 Å². The summed E-state index contributed by atoms with van der Waals surface area (Å²) in [6, 6.07) is 10.2. The lowest BCUT2D eigenvalue weighted by molar-refractivity contribution is 0.307. The summed E-state index contributed by atoms with van der Waals surface area (Å²) in [5.74, 6) is 0.979. The van der Waals surface area contributed by atoms with Crippen LogP contribution in [-0.2, 0) is 11.3 Å². The number of nitrogens with one attached hydrogen (secondary N) is 3. The Kier molecular flexibility index (Phi) is 8.31. The van der Waals surface area contributed by atoms with Gasteiger partial charge in [-0.2, -0.15) is 4.99 Å². The maximum Gasteiger partial charge on any atom is 0.293 e. The number of aromatic nitrogens is 1. The van der Waals surface area contributed by atoms with Gasteiger partial charge in [-0.25, -0.2) is 4.99 Å². The molecule has 0 spiro atoms. The Balaban J connectivity index is 0.000000254. The van der Waals surface area contributed by atoms with Crippen LogP contribution < -0.4 is 16.0 Å². The molecule has 0 fully saturated rings. The summed E-state index contributed by atoms with van der Waals surface area (Å²) in [7, 11) is 1.89. The summed E-state index contributed by atoms with van der Waals surface area (Å²) in [5, 5.41) is 9.08. The van der Waals surface area contributed by atoms with Crippen molar-refractivity contribution in [1.29, 1.82) is 0 Å². The molecule has 0 radical (unpaired) electrons. The van der Waals surface area contributed by atoms with Crippen LogP contribution in [0.1, 0.15) is 31.3 Å². The summed E-state index contributed by atoms with van der Waals surface area (Å²) in [6.45, 7) is 5.32. The molecule has 26 heavy (non-hydrogen) atoms. The minimum Gasteiger partial charge on any atom is -0.468 e. The zero-order valence-corrected chi connectivity index (χ0v) is 15.3. The highest BCUT2D eigenvalue weighted by atomic mass is 16.5. The van der Waals surface area contributed by atoms with Gasteiger partial charge in [0.2, 0.25) is 6.29 Å². The molecule has 0 bridgehead atoms. The molecule has 0 aliphatic carbocycles. The third-order valence-electron chi connectivity index (χ3n) is 3.39. The maximum atomic E-state index is 5.29.